The van der Waals surface area contributed by atoms with Gasteiger partial charge in [-0.05, 0) is 0 Å². The monoisotopic (exact) mass is 411 g/mol. The van der Waals surface area contributed by atoms with Crippen LogP contribution in [0.25, 0.3) is 0 Å². The molecule has 0 unspecified atom stereocenters. The van der Waals surface area contributed by atoms with Crippen LogP contribution in [0.1, 0.15) is 0 Å². The van der Waals surface area contributed by atoms with Crippen LogP contribution in [0.15, 0.2) is 0 Å². The maximum atomic E-state index is 4.52. The van der Waals surface area contributed by atoms with E-state index in [2.05, 4.69) is 69.6 Å². The molecular weight excluding hydrogens is 411 g/mol. The van der Waals surface area contributed by atoms with Gasteiger partial charge in [-0.25, -0.2) is 0 Å². The van der Waals surface area contributed by atoms with E-state index in [4.69, 9.17) is 0 Å². The van der Waals surface area contributed by atoms with Gasteiger partial charge in [0, 0.05) is 0 Å². The average Bonchev–Trinajstić information content (AvgIpc) is 0.544. The molecule has 0 amide bonds. The zero-order valence-electron chi connectivity index (χ0n) is 3.24. The average molecular weight is 411 g/mol. The van der Waals surface area contributed by atoms with E-state index in [1.54, 1.807) is 0 Å². The predicted molar refractivity (Wildman–Crippen MR) is 53.1 cm³/mol. The molecule has 0 radical (unpaired) electrons. The fraction of sp³-hybridized carbons (Fsp3) is 0. The molecule has 0 nitrogen and oxygen atoms in total. The van der Waals surface area contributed by atoms with E-state index in [-0.39, 0.29) is 0 Å². The summed E-state index contributed by atoms with van der Waals surface area (Å²) in [6, 6.07) is 0. The fourth-order valence-electron chi connectivity index (χ4n) is 0. The van der Waals surface area contributed by atoms with Crippen LogP contribution in [-0.4, -0.2) is 0 Å². The third kappa shape index (κ3) is 87.7. The second-order valence-electron chi connectivity index (χ2n) is 1.32. The van der Waals surface area contributed by atoms with Crippen molar-refractivity contribution in [2.45, 2.75) is 0 Å². The van der Waals surface area contributed by atoms with Crippen molar-refractivity contribution in [3.05, 3.63) is 0 Å². The first-order chi connectivity index (χ1) is 2.65. The zero-order valence-corrected chi connectivity index (χ0v) is 11.7. The molecule has 0 bridgehead atoms. The summed E-state index contributed by atoms with van der Waals surface area (Å²) in [5.41, 5.74) is 0. The van der Waals surface area contributed by atoms with E-state index in [9.17, 15) is 0 Å². The number of hydrogen-bond acceptors (Lipinski definition) is 7. The minimum atomic E-state index is -5.72. The van der Waals surface area contributed by atoms with Gasteiger partial charge in [0.05, 0.1) is 0 Å². The summed E-state index contributed by atoms with van der Waals surface area (Å²) >= 11 is 0. The molecule has 8 heteroatoms. The minimum absolute atomic E-state index is 4.52. The van der Waals surface area contributed by atoms with Gasteiger partial charge in [0.1, 0.15) is 0 Å². The van der Waals surface area contributed by atoms with Crippen LogP contribution >= 0.6 is 69.6 Å². The summed E-state index contributed by atoms with van der Waals surface area (Å²) in [5.74, 6) is 0. The second kappa shape index (κ2) is 1.15. The molecule has 0 rings (SSSR count). The van der Waals surface area contributed by atoms with Gasteiger partial charge in [-0.15, -0.1) is 0 Å². The van der Waals surface area contributed by atoms with Gasteiger partial charge < -0.3 is 0 Å². The Kier molecular flexibility index (Phi) is 1.47. The summed E-state index contributed by atoms with van der Waals surface area (Å²) in [4.78, 5) is 0. The van der Waals surface area contributed by atoms with Crippen molar-refractivity contribution in [1.29, 1.82) is 0 Å². The first kappa shape index (κ1) is 10.2. The molecule has 0 saturated carbocycles. The van der Waals surface area contributed by atoms with Gasteiger partial charge in [0.15, 0.2) is 0 Å². The third-order valence-electron chi connectivity index (χ3n) is 0. The van der Waals surface area contributed by atoms with Gasteiger partial charge in [-0.1, -0.05) is 0 Å². The molecule has 0 saturated heterocycles. The Balaban J connectivity index is 10.3. The van der Waals surface area contributed by atoms with Crippen molar-refractivity contribution in [2.24, 2.45) is 0 Å². The Morgan fingerprint density at radius 3 is 0.500 bits per heavy atom. The molecule has 0 aliphatic carbocycles. The molecular formula is ReS7. The Bertz CT molecular complexity index is 632. The molecule has 0 N–H and O–H groups in total. The molecule has 0 aliphatic heterocycles. The van der Waals surface area contributed by atoms with Crippen LogP contribution < -0.4 is 0 Å². The zero-order chi connectivity index (χ0) is 7.38. The fourth-order valence-corrected chi connectivity index (χ4v) is 0. The Morgan fingerprint density at radius 1 is 0.500 bits per heavy atom. The molecule has 0 aliphatic rings. The summed E-state index contributed by atoms with van der Waals surface area (Å²) in [6.07, 6.45) is 0. The van der Waals surface area contributed by atoms with Crippen LogP contribution in [0.2, 0.25) is 0 Å². The molecule has 49 valence electrons. The summed E-state index contributed by atoms with van der Waals surface area (Å²) in [7, 11) is 31.6. The topological polar surface area (TPSA) is 0 Å². The van der Waals surface area contributed by atoms with Gasteiger partial charge in [-0.2, -0.15) is 0 Å². The Morgan fingerprint density at radius 2 is 0.500 bits per heavy atom. The van der Waals surface area contributed by atoms with Crippen molar-refractivity contribution < 1.29 is -0.654 Å². The van der Waals surface area contributed by atoms with E-state index in [1.807, 2.05) is 0 Å². The molecule has 0 fully saturated rings. The van der Waals surface area contributed by atoms with Crippen LogP contribution in [0.4, 0.5) is 0 Å². The van der Waals surface area contributed by atoms with E-state index in [1.165, 1.54) is 0 Å². The third-order valence-corrected chi connectivity index (χ3v) is 0. The van der Waals surface area contributed by atoms with Crippen molar-refractivity contribution in [3.63, 3.8) is 0 Å². The van der Waals surface area contributed by atoms with Crippen molar-refractivity contribution in [2.75, 3.05) is 0 Å². The first-order valence-electron chi connectivity index (χ1n) is 1.08. The quantitative estimate of drug-likeness (QED) is 0.568. The molecule has 0 spiro atoms. The molecule has 8 heavy (non-hydrogen) atoms. The first-order valence-corrected chi connectivity index (χ1v) is 26.5. The van der Waals surface area contributed by atoms with Crippen LogP contribution in [-0.2, 0) is -0.654 Å². The maximum absolute atomic E-state index is 5.72. The van der Waals surface area contributed by atoms with Gasteiger partial charge >= 0.3 is 68.9 Å². The normalized spacial score (nSPS) is 20.1. The molecule has 0 aromatic rings. The van der Waals surface area contributed by atoms with Gasteiger partial charge in [0.2, 0.25) is 0 Å². The van der Waals surface area contributed by atoms with Crippen molar-refractivity contribution >= 4 is 69.6 Å². The summed E-state index contributed by atoms with van der Waals surface area (Å²) in [5, 5.41) is 0. The standard InChI is InChI=1S/Re.7S. The SMILES string of the molecule is [S]=[Re](=[S])(=[S])(=[S])(=[S])(=[S])=[S]. The van der Waals surface area contributed by atoms with Gasteiger partial charge in [0.25, 0.3) is 0 Å². The predicted octanol–water partition coefficient (Wildman–Crippen LogP) is 4.53. The molecule has 0 aromatic heterocycles. The van der Waals surface area contributed by atoms with E-state index >= 15 is 0 Å². The van der Waals surface area contributed by atoms with Crippen LogP contribution in [0.3, 0.4) is 0 Å². The van der Waals surface area contributed by atoms with E-state index < -0.39 is -0.654 Å². The Labute approximate surface area is 67.5 Å². The summed E-state index contributed by atoms with van der Waals surface area (Å²) < 4.78 is -5.72. The molecule has 0 heterocycles. The number of rotatable bonds is 0. The molecule has 0 aromatic carbocycles. The van der Waals surface area contributed by atoms with Gasteiger partial charge in [-0.3, -0.25) is 0 Å². The van der Waals surface area contributed by atoms with Crippen LogP contribution in [0, 0.1) is 0 Å². The van der Waals surface area contributed by atoms with E-state index in [0.29, 0.717) is 0 Å². The van der Waals surface area contributed by atoms with E-state index in [0.717, 1.165) is 0 Å². The summed E-state index contributed by atoms with van der Waals surface area (Å²) in [6.45, 7) is 0. The Hall–Kier alpha value is 2.20. The number of hydrogen-bond donors (Lipinski definition) is 0. The van der Waals surface area contributed by atoms with Crippen molar-refractivity contribution in [3.8, 4) is 0 Å². The molecule has 0 atom stereocenters. The van der Waals surface area contributed by atoms with Crippen LogP contribution in [0.5, 0.6) is 0 Å². The van der Waals surface area contributed by atoms with Crippen molar-refractivity contribution in [1.82, 2.24) is 0 Å². The second-order valence-corrected chi connectivity index (χ2v) is 97.5.